The number of rotatable bonds is 2. The summed E-state index contributed by atoms with van der Waals surface area (Å²) in [5.41, 5.74) is 5.56. The van der Waals surface area contributed by atoms with E-state index in [1.54, 1.807) is 19.2 Å². The zero-order valence-corrected chi connectivity index (χ0v) is 10.7. The fourth-order valence-electron chi connectivity index (χ4n) is 1.68. The third-order valence-corrected chi connectivity index (χ3v) is 2.78. The summed E-state index contributed by atoms with van der Waals surface area (Å²) < 4.78 is 39.9. The SMILES string of the molecule is Cc1ccn(-c2ccc(C(F)(F)F)c(C(N)=S)c2)n1. The monoisotopic (exact) mass is 285 g/mol. The molecular formula is C12H10F3N3S. The number of hydrogen-bond acceptors (Lipinski definition) is 2. The molecule has 1 aromatic heterocycles. The molecule has 0 unspecified atom stereocenters. The maximum atomic E-state index is 12.8. The number of aryl methyl sites for hydroxylation is 1. The second kappa shape index (κ2) is 4.65. The molecule has 19 heavy (non-hydrogen) atoms. The Morgan fingerprint density at radius 1 is 1.32 bits per heavy atom. The van der Waals surface area contributed by atoms with Gasteiger partial charge >= 0.3 is 6.18 Å². The molecule has 0 aliphatic heterocycles. The van der Waals surface area contributed by atoms with Crippen molar-refractivity contribution in [1.82, 2.24) is 9.78 Å². The molecule has 2 N–H and O–H groups in total. The second-order valence-corrected chi connectivity index (χ2v) is 4.43. The Balaban J connectivity index is 2.57. The van der Waals surface area contributed by atoms with Crippen molar-refractivity contribution in [2.45, 2.75) is 13.1 Å². The Morgan fingerprint density at radius 2 is 2.00 bits per heavy atom. The number of hydrogen-bond donors (Lipinski definition) is 1. The van der Waals surface area contributed by atoms with Crippen molar-refractivity contribution in [2.24, 2.45) is 5.73 Å². The molecule has 0 aliphatic carbocycles. The average molecular weight is 285 g/mol. The molecule has 100 valence electrons. The van der Waals surface area contributed by atoms with Gasteiger partial charge in [0.2, 0.25) is 0 Å². The zero-order chi connectivity index (χ0) is 14.2. The molecule has 0 saturated heterocycles. The van der Waals surface area contributed by atoms with Crippen LogP contribution in [0.4, 0.5) is 13.2 Å². The molecule has 1 heterocycles. The molecule has 0 saturated carbocycles. The van der Waals surface area contributed by atoms with Gasteiger partial charge in [0, 0.05) is 11.8 Å². The first-order valence-corrected chi connectivity index (χ1v) is 5.73. The maximum Gasteiger partial charge on any atom is 0.417 e. The number of nitrogens with two attached hydrogens (primary N) is 1. The number of benzene rings is 1. The summed E-state index contributed by atoms with van der Waals surface area (Å²) in [6, 6.07) is 5.33. The average Bonchev–Trinajstić information content (AvgIpc) is 2.74. The fourth-order valence-corrected chi connectivity index (χ4v) is 1.85. The van der Waals surface area contributed by atoms with Gasteiger partial charge in [0.05, 0.1) is 16.9 Å². The summed E-state index contributed by atoms with van der Waals surface area (Å²) in [6.07, 6.45) is -2.83. The molecule has 2 rings (SSSR count). The summed E-state index contributed by atoms with van der Waals surface area (Å²) in [6.45, 7) is 1.79. The van der Waals surface area contributed by atoms with Gasteiger partial charge in [-0.1, -0.05) is 12.2 Å². The predicted octanol–water partition coefficient (Wildman–Crippen LogP) is 2.83. The van der Waals surface area contributed by atoms with E-state index in [1.165, 1.54) is 16.8 Å². The number of aromatic nitrogens is 2. The molecule has 7 heteroatoms. The number of halogens is 3. The van der Waals surface area contributed by atoms with Crippen LogP contribution in [-0.4, -0.2) is 14.8 Å². The van der Waals surface area contributed by atoms with Gasteiger partial charge in [0.1, 0.15) is 4.99 Å². The van der Waals surface area contributed by atoms with Crippen LogP contribution in [0, 0.1) is 6.92 Å². The van der Waals surface area contributed by atoms with Crippen molar-refractivity contribution >= 4 is 17.2 Å². The Labute approximate surface area is 112 Å². The third-order valence-electron chi connectivity index (χ3n) is 2.56. The van der Waals surface area contributed by atoms with Crippen LogP contribution in [0.15, 0.2) is 30.5 Å². The molecule has 0 radical (unpaired) electrons. The number of thiocarbonyl (C=S) groups is 1. The van der Waals surface area contributed by atoms with Crippen molar-refractivity contribution in [3.63, 3.8) is 0 Å². The highest BCUT2D eigenvalue weighted by Crippen LogP contribution is 2.33. The number of nitrogens with zero attached hydrogens (tertiary/aromatic N) is 2. The second-order valence-electron chi connectivity index (χ2n) is 3.99. The fraction of sp³-hybridized carbons (Fsp3) is 0.167. The van der Waals surface area contributed by atoms with Gasteiger partial charge in [-0.15, -0.1) is 0 Å². The predicted molar refractivity (Wildman–Crippen MR) is 69.2 cm³/mol. The van der Waals surface area contributed by atoms with Crippen LogP contribution in [0.5, 0.6) is 0 Å². The van der Waals surface area contributed by atoms with Gasteiger partial charge < -0.3 is 5.73 Å². The highest BCUT2D eigenvalue weighted by molar-refractivity contribution is 7.80. The van der Waals surface area contributed by atoms with Crippen molar-refractivity contribution < 1.29 is 13.2 Å². The highest BCUT2D eigenvalue weighted by Gasteiger charge is 2.34. The van der Waals surface area contributed by atoms with Crippen LogP contribution in [0.2, 0.25) is 0 Å². The topological polar surface area (TPSA) is 43.8 Å². The standard InChI is InChI=1S/C12H10F3N3S/c1-7-4-5-18(17-7)8-2-3-10(12(13,14)15)9(6-8)11(16)19/h2-6H,1H3,(H2,16,19). The maximum absolute atomic E-state index is 12.8. The van der Waals surface area contributed by atoms with Crippen molar-refractivity contribution in [3.05, 3.63) is 47.3 Å². The Kier molecular flexibility index (Phi) is 3.32. The van der Waals surface area contributed by atoms with E-state index < -0.39 is 11.7 Å². The summed E-state index contributed by atoms with van der Waals surface area (Å²) in [5.74, 6) is 0. The lowest BCUT2D eigenvalue weighted by Crippen LogP contribution is -2.18. The quantitative estimate of drug-likeness (QED) is 0.863. The van der Waals surface area contributed by atoms with Crippen LogP contribution < -0.4 is 5.73 Å². The molecule has 1 aromatic carbocycles. The lowest BCUT2D eigenvalue weighted by molar-refractivity contribution is -0.137. The van der Waals surface area contributed by atoms with Gasteiger partial charge in [-0.3, -0.25) is 0 Å². The van der Waals surface area contributed by atoms with Gasteiger partial charge in [-0.25, -0.2) is 4.68 Å². The summed E-state index contributed by atoms with van der Waals surface area (Å²) in [4.78, 5) is -0.293. The van der Waals surface area contributed by atoms with Crippen LogP contribution in [-0.2, 0) is 6.18 Å². The van der Waals surface area contributed by atoms with E-state index in [9.17, 15) is 13.2 Å². The lowest BCUT2D eigenvalue weighted by atomic mass is 10.1. The summed E-state index contributed by atoms with van der Waals surface area (Å²) in [7, 11) is 0. The molecule has 0 bridgehead atoms. The Hall–Kier alpha value is -1.89. The first kappa shape index (κ1) is 13.5. The molecule has 2 aromatic rings. The minimum atomic E-state index is -4.49. The molecule has 3 nitrogen and oxygen atoms in total. The highest BCUT2D eigenvalue weighted by atomic mass is 32.1. The van der Waals surface area contributed by atoms with E-state index in [0.717, 1.165) is 11.8 Å². The minimum Gasteiger partial charge on any atom is -0.389 e. The smallest absolute Gasteiger partial charge is 0.389 e. The molecule has 0 atom stereocenters. The van der Waals surface area contributed by atoms with E-state index in [1.807, 2.05) is 0 Å². The molecule has 0 aliphatic rings. The largest absolute Gasteiger partial charge is 0.417 e. The zero-order valence-electron chi connectivity index (χ0n) is 9.90. The summed E-state index contributed by atoms with van der Waals surface area (Å²) >= 11 is 4.68. The van der Waals surface area contributed by atoms with Crippen LogP contribution in [0.1, 0.15) is 16.8 Å². The van der Waals surface area contributed by atoms with Gasteiger partial charge in [-0.2, -0.15) is 18.3 Å². The first-order valence-electron chi connectivity index (χ1n) is 5.33. The van der Waals surface area contributed by atoms with Crippen LogP contribution in [0.25, 0.3) is 5.69 Å². The van der Waals surface area contributed by atoms with Gasteiger partial charge in [0.15, 0.2) is 0 Å². The number of alkyl halides is 3. The third kappa shape index (κ3) is 2.76. The van der Waals surface area contributed by atoms with E-state index in [0.29, 0.717) is 5.69 Å². The normalized spacial score (nSPS) is 11.6. The van der Waals surface area contributed by atoms with E-state index in [2.05, 4.69) is 17.3 Å². The Bertz CT molecular complexity index is 631. The van der Waals surface area contributed by atoms with Gasteiger partial charge in [0.25, 0.3) is 0 Å². The molecule has 0 fully saturated rings. The van der Waals surface area contributed by atoms with Gasteiger partial charge in [-0.05, 0) is 31.2 Å². The van der Waals surface area contributed by atoms with Crippen LogP contribution >= 0.6 is 12.2 Å². The molecule has 0 amide bonds. The van der Waals surface area contributed by atoms with Crippen LogP contribution in [0.3, 0.4) is 0 Å². The lowest BCUT2D eigenvalue weighted by Gasteiger charge is -2.13. The van der Waals surface area contributed by atoms with Crippen molar-refractivity contribution in [1.29, 1.82) is 0 Å². The van der Waals surface area contributed by atoms with Crippen molar-refractivity contribution in [2.75, 3.05) is 0 Å². The molecule has 0 spiro atoms. The van der Waals surface area contributed by atoms with E-state index >= 15 is 0 Å². The first-order chi connectivity index (χ1) is 8.79. The minimum absolute atomic E-state index is 0.201. The summed E-state index contributed by atoms with van der Waals surface area (Å²) in [5, 5.41) is 4.12. The van der Waals surface area contributed by atoms with E-state index in [4.69, 9.17) is 5.73 Å². The Morgan fingerprint density at radius 3 is 2.47 bits per heavy atom. The van der Waals surface area contributed by atoms with E-state index in [-0.39, 0.29) is 10.6 Å². The van der Waals surface area contributed by atoms with Crippen molar-refractivity contribution in [3.8, 4) is 5.69 Å². The molecular weight excluding hydrogens is 275 g/mol.